The summed E-state index contributed by atoms with van der Waals surface area (Å²) in [5.74, 6) is 0.195. The van der Waals surface area contributed by atoms with E-state index in [0.29, 0.717) is 11.2 Å². The summed E-state index contributed by atoms with van der Waals surface area (Å²) < 4.78 is 0. The molecule has 1 fully saturated rings. The molecule has 3 rings (SSSR count). The summed E-state index contributed by atoms with van der Waals surface area (Å²) in [7, 11) is 0. The van der Waals surface area contributed by atoms with Gasteiger partial charge in [-0.25, -0.2) is 0 Å². The normalized spacial score (nSPS) is 26.8. The molecule has 0 spiro atoms. The molecule has 108 valence electrons. The first-order valence-corrected chi connectivity index (χ1v) is 8.40. The fourth-order valence-electron chi connectivity index (χ4n) is 3.66. The fourth-order valence-corrected chi connectivity index (χ4v) is 4.72. The minimum absolute atomic E-state index is 0.0432. The van der Waals surface area contributed by atoms with E-state index in [2.05, 4.69) is 43.9 Å². The second kappa shape index (κ2) is 5.10. The van der Waals surface area contributed by atoms with Gasteiger partial charge in [-0.05, 0) is 57.5 Å². The second-order valence-electron chi connectivity index (χ2n) is 6.89. The summed E-state index contributed by atoms with van der Waals surface area (Å²) in [5.41, 5.74) is 1.29. The Morgan fingerprint density at radius 3 is 2.60 bits per heavy atom. The van der Waals surface area contributed by atoms with Crippen LogP contribution in [0.2, 0.25) is 0 Å². The topological polar surface area (TPSA) is 20.3 Å². The molecule has 1 aliphatic carbocycles. The molecule has 1 aromatic rings. The van der Waals surface area contributed by atoms with E-state index in [-0.39, 0.29) is 11.5 Å². The van der Waals surface area contributed by atoms with Gasteiger partial charge in [0.2, 0.25) is 0 Å². The van der Waals surface area contributed by atoms with Crippen LogP contribution in [0.3, 0.4) is 0 Å². The average Bonchev–Trinajstić information content (AvgIpc) is 2.52. The molecule has 0 aromatic heterocycles. The van der Waals surface area contributed by atoms with Crippen molar-refractivity contribution in [3.8, 4) is 0 Å². The van der Waals surface area contributed by atoms with Crippen molar-refractivity contribution < 1.29 is 4.79 Å². The van der Waals surface area contributed by atoms with Crippen molar-refractivity contribution in [2.24, 2.45) is 5.92 Å². The summed E-state index contributed by atoms with van der Waals surface area (Å²) >= 11 is 1.46. The average molecular weight is 289 g/mol. The highest BCUT2D eigenvalue weighted by Gasteiger charge is 2.42. The van der Waals surface area contributed by atoms with Crippen LogP contribution in [0, 0.1) is 5.92 Å². The molecule has 3 heteroatoms. The van der Waals surface area contributed by atoms with Crippen LogP contribution >= 0.6 is 11.8 Å². The van der Waals surface area contributed by atoms with Gasteiger partial charge in [-0.3, -0.25) is 4.79 Å². The maximum Gasteiger partial charge on any atom is 0.198 e. The molecule has 0 N–H and O–H groups in total. The number of rotatable bonds is 0. The number of nitrogens with zero attached hydrogens (tertiary/aromatic N) is 1. The van der Waals surface area contributed by atoms with Crippen LogP contribution in [0.25, 0.3) is 0 Å². The van der Waals surface area contributed by atoms with Crippen molar-refractivity contribution in [1.82, 2.24) is 0 Å². The number of carbonyl (C=O) groups is 1. The standard InChI is InChI=1S/C17H23NOS/c1-17(2,3)18-13-9-5-4-8-12(13)16(19)20-15-11-7-6-10-14(15)18/h6-7,10-13H,4-5,8-9H2,1-3H3. The Morgan fingerprint density at radius 2 is 1.85 bits per heavy atom. The zero-order chi connectivity index (χ0) is 14.3. The lowest BCUT2D eigenvalue weighted by atomic mass is 9.82. The van der Waals surface area contributed by atoms with Crippen molar-refractivity contribution in [3.05, 3.63) is 24.3 Å². The SMILES string of the molecule is CC(C)(C)N1c2ccccc2SC(=O)C2CCCCC21. The van der Waals surface area contributed by atoms with Crippen molar-refractivity contribution >= 4 is 22.6 Å². The summed E-state index contributed by atoms with van der Waals surface area (Å²) in [4.78, 5) is 16.3. The third-order valence-electron chi connectivity index (χ3n) is 4.42. The van der Waals surface area contributed by atoms with Gasteiger partial charge in [0.1, 0.15) is 0 Å². The summed E-state index contributed by atoms with van der Waals surface area (Å²) in [6, 6.07) is 8.76. The second-order valence-corrected chi connectivity index (χ2v) is 7.93. The van der Waals surface area contributed by atoms with Gasteiger partial charge in [0, 0.05) is 22.4 Å². The van der Waals surface area contributed by atoms with E-state index in [9.17, 15) is 4.79 Å². The monoisotopic (exact) mass is 289 g/mol. The largest absolute Gasteiger partial charge is 0.362 e. The van der Waals surface area contributed by atoms with Crippen LogP contribution in [0.15, 0.2) is 29.2 Å². The van der Waals surface area contributed by atoms with Gasteiger partial charge in [-0.15, -0.1) is 0 Å². The Morgan fingerprint density at radius 1 is 1.15 bits per heavy atom. The molecule has 2 aliphatic rings. The molecule has 1 heterocycles. The zero-order valence-corrected chi connectivity index (χ0v) is 13.4. The number of hydrogen-bond acceptors (Lipinski definition) is 3. The smallest absolute Gasteiger partial charge is 0.198 e. The lowest BCUT2D eigenvalue weighted by molar-refractivity contribution is -0.115. The molecular formula is C17H23NOS. The highest BCUT2D eigenvalue weighted by atomic mass is 32.2. The van der Waals surface area contributed by atoms with Crippen molar-refractivity contribution in [1.29, 1.82) is 0 Å². The number of anilines is 1. The quantitative estimate of drug-likeness (QED) is 0.702. The summed E-state index contributed by atoms with van der Waals surface area (Å²) in [6.07, 6.45) is 4.63. The molecule has 2 nitrogen and oxygen atoms in total. The Balaban J connectivity index is 2.13. The lowest BCUT2D eigenvalue weighted by Crippen LogP contribution is -2.53. The molecule has 1 saturated carbocycles. The minimum Gasteiger partial charge on any atom is -0.362 e. The maximum absolute atomic E-state index is 12.6. The molecule has 1 aromatic carbocycles. The van der Waals surface area contributed by atoms with E-state index >= 15 is 0 Å². The van der Waals surface area contributed by atoms with Crippen LogP contribution < -0.4 is 4.90 Å². The van der Waals surface area contributed by atoms with Gasteiger partial charge in [0.05, 0.1) is 5.69 Å². The van der Waals surface area contributed by atoms with Gasteiger partial charge in [0.15, 0.2) is 5.12 Å². The number of carbonyl (C=O) groups excluding carboxylic acids is 1. The summed E-state index contributed by atoms with van der Waals surface area (Å²) in [6.45, 7) is 6.78. The van der Waals surface area contributed by atoms with E-state index < -0.39 is 0 Å². The lowest BCUT2D eigenvalue weighted by Gasteiger charge is -2.47. The van der Waals surface area contributed by atoms with Crippen LogP contribution in [0.5, 0.6) is 0 Å². The van der Waals surface area contributed by atoms with Gasteiger partial charge in [-0.1, -0.05) is 25.0 Å². The van der Waals surface area contributed by atoms with Crippen LogP contribution in [-0.2, 0) is 4.79 Å². The summed E-state index contributed by atoms with van der Waals surface area (Å²) in [5, 5.41) is 0.369. The zero-order valence-electron chi connectivity index (χ0n) is 12.6. The Labute approximate surface area is 125 Å². The fraction of sp³-hybridized carbons (Fsp3) is 0.588. The van der Waals surface area contributed by atoms with Gasteiger partial charge in [-0.2, -0.15) is 0 Å². The first-order chi connectivity index (χ1) is 9.48. The third-order valence-corrected chi connectivity index (χ3v) is 5.49. The molecule has 2 atom stereocenters. The van der Waals surface area contributed by atoms with Crippen LogP contribution in [0.4, 0.5) is 5.69 Å². The van der Waals surface area contributed by atoms with Gasteiger partial charge in [0.25, 0.3) is 0 Å². The number of para-hydroxylation sites is 1. The van der Waals surface area contributed by atoms with Crippen molar-refractivity contribution in [2.75, 3.05) is 4.90 Å². The Kier molecular flexibility index (Phi) is 3.57. The molecule has 1 aliphatic heterocycles. The molecule has 0 amide bonds. The minimum atomic E-state index is 0.0432. The molecule has 20 heavy (non-hydrogen) atoms. The maximum atomic E-state index is 12.6. The first kappa shape index (κ1) is 14.0. The van der Waals surface area contributed by atoms with Gasteiger partial charge >= 0.3 is 0 Å². The molecule has 0 bridgehead atoms. The molecular weight excluding hydrogens is 266 g/mol. The van der Waals surface area contributed by atoms with Crippen LogP contribution in [0.1, 0.15) is 46.5 Å². The van der Waals surface area contributed by atoms with Crippen LogP contribution in [-0.4, -0.2) is 16.7 Å². The van der Waals surface area contributed by atoms with E-state index in [0.717, 1.165) is 17.7 Å². The number of hydrogen-bond donors (Lipinski definition) is 0. The van der Waals surface area contributed by atoms with Gasteiger partial charge < -0.3 is 4.90 Å². The number of thioether (sulfide) groups is 1. The van der Waals surface area contributed by atoms with Crippen molar-refractivity contribution in [3.63, 3.8) is 0 Å². The highest BCUT2D eigenvalue weighted by molar-refractivity contribution is 8.13. The van der Waals surface area contributed by atoms with E-state index in [1.165, 1.54) is 30.3 Å². The predicted octanol–water partition coefficient (Wildman–Crippen LogP) is 4.48. The van der Waals surface area contributed by atoms with E-state index in [1.54, 1.807) is 0 Å². The Bertz CT molecular complexity index is 520. The predicted molar refractivity (Wildman–Crippen MR) is 85.3 cm³/mol. The molecule has 0 radical (unpaired) electrons. The Hall–Kier alpha value is -0.960. The first-order valence-electron chi connectivity index (χ1n) is 7.58. The number of benzene rings is 1. The van der Waals surface area contributed by atoms with Crippen molar-refractivity contribution in [2.45, 2.75) is 62.9 Å². The molecule has 0 saturated heterocycles. The van der Waals surface area contributed by atoms with E-state index in [1.807, 2.05) is 6.07 Å². The number of fused-ring (bicyclic) bond motifs is 2. The third kappa shape index (κ3) is 2.37. The van der Waals surface area contributed by atoms with E-state index in [4.69, 9.17) is 0 Å². The highest BCUT2D eigenvalue weighted by Crippen LogP contribution is 2.46. The molecule has 2 unspecified atom stereocenters.